The number of benzene rings is 1. The van der Waals surface area contributed by atoms with Crippen LogP contribution in [0.25, 0.3) is 12.2 Å². The van der Waals surface area contributed by atoms with Crippen LogP contribution in [0.3, 0.4) is 0 Å². The number of rotatable bonds is 6. The van der Waals surface area contributed by atoms with E-state index in [1.54, 1.807) is 25.1 Å². The zero-order valence-corrected chi connectivity index (χ0v) is 22.3. The van der Waals surface area contributed by atoms with E-state index < -0.39 is 15.9 Å². The van der Waals surface area contributed by atoms with Crippen LogP contribution in [0.15, 0.2) is 39.9 Å². The van der Waals surface area contributed by atoms with Gasteiger partial charge in [-0.15, -0.1) is 0 Å². The molecule has 0 radical (unpaired) electrons. The van der Waals surface area contributed by atoms with Crippen molar-refractivity contribution in [3.05, 3.63) is 69.2 Å². The Morgan fingerprint density at radius 2 is 1.89 bits per heavy atom. The highest BCUT2D eigenvalue weighted by Crippen LogP contribution is 2.30. The number of nitrogens with zero attached hydrogens (tertiary/aromatic N) is 3. The summed E-state index contributed by atoms with van der Waals surface area (Å²) in [6.45, 7) is 8.05. The number of aromatic nitrogens is 2. The number of nitrogens with one attached hydrogen (secondary N) is 1. The van der Waals surface area contributed by atoms with Crippen molar-refractivity contribution < 1.29 is 17.7 Å². The molecule has 3 heterocycles. The molecule has 190 valence electrons. The monoisotopic (exact) mass is 528 g/mol. The number of sulfonamides is 1. The lowest BCUT2D eigenvalue weighted by atomic mass is 9.99. The summed E-state index contributed by atoms with van der Waals surface area (Å²) >= 11 is 5.85. The first-order valence-corrected chi connectivity index (χ1v) is 13.5. The van der Waals surface area contributed by atoms with E-state index in [-0.39, 0.29) is 28.8 Å². The summed E-state index contributed by atoms with van der Waals surface area (Å²) in [5.74, 6) is -0.252. The van der Waals surface area contributed by atoms with Crippen LogP contribution in [-0.2, 0) is 14.8 Å². The molecule has 1 aliphatic rings. The van der Waals surface area contributed by atoms with Gasteiger partial charge in [0.1, 0.15) is 11.5 Å². The topological polar surface area (TPSA) is 105 Å². The maximum absolute atomic E-state index is 13.7. The molecule has 8 nitrogen and oxygen atoms in total. The Hall–Kier alpha value is -3.01. The number of anilines is 1. The molecular weight excluding hydrogens is 500 g/mol. The number of aryl methyl sites for hydroxylation is 4. The van der Waals surface area contributed by atoms with E-state index in [4.69, 9.17) is 16.1 Å². The summed E-state index contributed by atoms with van der Waals surface area (Å²) in [5, 5.41) is 7.15. The number of carbonyl (C=O) groups excluding carboxylic acids is 1. The quantitative estimate of drug-likeness (QED) is 0.473. The minimum Gasteiger partial charge on any atom is -0.355 e. The molecule has 10 heteroatoms. The van der Waals surface area contributed by atoms with Gasteiger partial charge in [-0.3, -0.25) is 4.79 Å². The minimum atomic E-state index is -3.94. The van der Waals surface area contributed by atoms with E-state index in [0.29, 0.717) is 30.2 Å². The van der Waals surface area contributed by atoms with Gasteiger partial charge in [0.05, 0.1) is 10.9 Å². The van der Waals surface area contributed by atoms with Gasteiger partial charge < -0.3 is 9.84 Å². The van der Waals surface area contributed by atoms with Gasteiger partial charge in [0, 0.05) is 19.3 Å². The maximum atomic E-state index is 13.7. The van der Waals surface area contributed by atoms with Crippen LogP contribution in [0, 0.1) is 33.6 Å². The maximum Gasteiger partial charge on any atom is 0.248 e. The van der Waals surface area contributed by atoms with E-state index in [0.717, 1.165) is 22.3 Å². The van der Waals surface area contributed by atoms with Crippen LogP contribution >= 0.6 is 11.6 Å². The zero-order valence-electron chi connectivity index (χ0n) is 20.7. The predicted molar refractivity (Wildman–Crippen MR) is 140 cm³/mol. The van der Waals surface area contributed by atoms with Crippen molar-refractivity contribution in [3.8, 4) is 0 Å². The fourth-order valence-electron chi connectivity index (χ4n) is 4.59. The van der Waals surface area contributed by atoms with Gasteiger partial charge in [0.15, 0.2) is 10.7 Å². The third-order valence-corrected chi connectivity index (χ3v) is 8.55. The normalized spacial score (nSPS) is 17.0. The van der Waals surface area contributed by atoms with Crippen molar-refractivity contribution in [3.63, 3.8) is 0 Å². The van der Waals surface area contributed by atoms with Crippen LogP contribution in [0.4, 0.5) is 5.82 Å². The Bertz CT molecular complexity index is 1390. The Morgan fingerprint density at radius 1 is 1.17 bits per heavy atom. The highest BCUT2D eigenvalue weighted by atomic mass is 35.5. The van der Waals surface area contributed by atoms with E-state index >= 15 is 0 Å². The largest absolute Gasteiger partial charge is 0.355 e. The fourth-order valence-corrected chi connectivity index (χ4v) is 6.48. The van der Waals surface area contributed by atoms with Crippen molar-refractivity contribution >= 4 is 45.5 Å². The number of hydrogen-bond acceptors (Lipinski definition) is 6. The Balaban J connectivity index is 1.56. The minimum absolute atomic E-state index is 0.0293. The number of carbonyl (C=O) groups is 1. The van der Waals surface area contributed by atoms with Crippen molar-refractivity contribution in [1.29, 1.82) is 0 Å². The first-order chi connectivity index (χ1) is 17.1. The van der Waals surface area contributed by atoms with E-state index in [2.05, 4.69) is 27.6 Å². The number of pyridine rings is 1. The molecule has 0 unspecified atom stereocenters. The molecule has 1 aromatic carbocycles. The summed E-state index contributed by atoms with van der Waals surface area (Å²) in [6.07, 6.45) is 6.08. The lowest BCUT2D eigenvalue weighted by molar-refractivity contribution is -0.120. The average Bonchev–Trinajstić information content (AvgIpc) is 3.21. The summed E-state index contributed by atoms with van der Waals surface area (Å²) in [7, 11) is -3.94. The van der Waals surface area contributed by atoms with Gasteiger partial charge in [-0.05, 0) is 75.4 Å². The summed E-state index contributed by atoms with van der Waals surface area (Å²) in [5.41, 5.74) is 4.62. The van der Waals surface area contributed by atoms with Crippen LogP contribution in [-0.4, -0.2) is 41.9 Å². The highest BCUT2D eigenvalue weighted by Gasteiger charge is 2.37. The molecule has 4 rings (SSSR count). The van der Waals surface area contributed by atoms with Crippen molar-refractivity contribution in [1.82, 2.24) is 14.4 Å². The van der Waals surface area contributed by atoms with Crippen molar-refractivity contribution in [2.24, 2.45) is 5.92 Å². The smallest absolute Gasteiger partial charge is 0.248 e. The second kappa shape index (κ2) is 10.5. The average molecular weight is 529 g/mol. The van der Waals surface area contributed by atoms with E-state index in [1.165, 1.54) is 10.5 Å². The molecule has 1 amide bonds. The molecule has 0 aliphatic carbocycles. The Labute approximate surface area is 216 Å². The molecular formula is C26H29ClN4O4S. The van der Waals surface area contributed by atoms with Crippen LogP contribution in [0.5, 0.6) is 0 Å². The van der Waals surface area contributed by atoms with Crippen molar-refractivity contribution in [2.75, 3.05) is 18.4 Å². The van der Waals surface area contributed by atoms with Crippen LogP contribution < -0.4 is 5.32 Å². The molecule has 1 aliphatic heterocycles. The van der Waals surface area contributed by atoms with Gasteiger partial charge >= 0.3 is 0 Å². The second-order valence-electron chi connectivity index (χ2n) is 9.16. The summed E-state index contributed by atoms with van der Waals surface area (Å²) in [4.78, 5) is 17.0. The SMILES string of the molecule is Cc1cc(C)c(/C=C/c2onc(C)c2S(=O)(=O)N2CCC[C@H](C(=O)Nc3ccc(Cl)cn3)C2)c(C)c1. The lowest BCUT2D eigenvalue weighted by Crippen LogP contribution is -2.44. The van der Waals surface area contributed by atoms with Crippen molar-refractivity contribution in [2.45, 2.75) is 45.4 Å². The third kappa shape index (κ3) is 5.53. The first-order valence-electron chi connectivity index (χ1n) is 11.7. The van der Waals surface area contributed by atoms with Gasteiger partial charge in [0.2, 0.25) is 15.9 Å². The number of piperidine rings is 1. The molecule has 1 fully saturated rings. The standard InChI is InChI=1S/C26H29ClN4O4S/c1-16-12-17(2)22(18(3)13-16)8-9-23-25(19(4)30-35-23)36(33,34)31-11-5-6-20(15-31)26(32)29-24-10-7-21(27)14-28-24/h7-10,12-14,20H,5-6,11,15H2,1-4H3,(H,28,29,32)/b9-8+/t20-/m0/s1. The first kappa shape index (κ1) is 26.1. The molecule has 1 atom stereocenters. The van der Waals surface area contributed by atoms with Gasteiger partial charge in [-0.25, -0.2) is 13.4 Å². The van der Waals surface area contributed by atoms with E-state index in [9.17, 15) is 13.2 Å². The van der Waals surface area contributed by atoms with Gasteiger partial charge in [-0.2, -0.15) is 4.31 Å². The zero-order chi connectivity index (χ0) is 26.0. The molecule has 0 saturated carbocycles. The number of amides is 1. The molecule has 1 saturated heterocycles. The highest BCUT2D eigenvalue weighted by molar-refractivity contribution is 7.89. The summed E-state index contributed by atoms with van der Waals surface area (Å²) in [6, 6.07) is 7.39. The molecule has 3 aromatic rings. The van der Waals surface area contributed by atoms with Gasteiger partial charge in [-0.1, -0.05) is 40.5 Å². The van der Waals surface area contributed by atoms with E-state index in [1.807, 2.05) is 26.8 Å². The predicted octanol–water partition coefficient (Wildman–Crippen LogP) is 5.17. The molecule has 2 aromatic heterocycles. The third-order valence-electron chi connectivity index (χ3n) is 6.30. The van der Waals surface area contributed by atoms with Crippen LogP contribution in [0.1, 0.15) is 46.5 Å². The molecule has 0 spiro atoms. The van der Waals surface area contributed by atoms with Crippen LogP contribution in [0.2, 0.25) is 5.02 Å². The van der Waals surface area contributed by atoms with Gasteiger partial charge in [0.25, 0.3) is 0 Å². The summed E-state index contributed by atoms with van der Waals surface area (Å²) < 4.78 is 34.1. The fraction of sp³-hybridized carbons (Fsp3) is 0.346. The number of hydrogen-bond donors (Lipinski definition) is 1. The molecule has 1 N–H and O–H groups in total. The molecule has 0 bridgehead atoms. The second-order valence-corrected chi connectivity index (χ2v) is 11.5. The molecule has 36 heavy (non-hydrogen) atoms. The Kier molecular flexibility index (Phi) is 7.63. The Morgan fingerprint density at radius 3 is 2.56 bits per heavy atom. The lowest BCUT2D eigenvalue weighted by Gasteiger charge is -2.31. The number of halogens is 1.